The number of rotatable bonds is 6. The maximum absolute atomic E-state index is 12.3. The second kappa shape index (κ2) is 7.93. The lowest BCUT2D eigenvalue weighted by molar-refractivity contribution is 0.0520. The van der Waals surface area contributed by atoms with Crippen molar-refractivity contribution in [2.75, 3.05) is 17.2 Å². The minimum absolute atomic E-state index is 0.143. The minimum atomic E-state index is -0.539. The van der Waals surface area contributed by atoms with E-state index in [2.05, 4.69) is 15.6 Å². The van der Waals surface area contributed by atoms with Crippen LogP contribution in [0, 0.1) is 0 Å². The SMILES string of the molecule is CCOC(=O)c1csc(NC(=O)c2ccc(NC(=O)c3ccco3)s2)n1. The first-order valence-corrected chi connectivity index (χ1v) is 9.15. The zero-order chi connectivity index (χ0) is 18.5. The van der Waals surface area contributed by atoms with Crippen LogP contribution in [0.1, 0.15) is 37.6 Å². The standard InChI is InChI=1S/C16H13N3O5S2/c1-2-23-15(22)9-8-25-16(17-9)19-14(21)11-5-6-12(26-11)18-13(20)10-4-3-7-24-10/h3-8H,2H2,1H3,(H,18,20)(H,17,19,21). The number of thiazole rings is 1. The molecule has 3 rings (SSSR count). The molecule has 8 nitrogen and oxygen atoms in total. The van der Waals surface area contributed by atoms with Crippen molar-refractivity contribution in [2.45, 2.75) is 6.92 Å². The Bertz CT molecular complexity index is 930. The molecule has 0 aromatic carbocycles. The molecule has 0 atom stereocenters. The monoisotopic (exact) mass is 391 g/mol. The largest absolute Gasteiger partial charge is 0.461 e. The van der Waals surface area contributed by atoms with Gasteiger partial charge in [0.25, 0.3) is 11.8 Å². The van der Waals surface area contributed by atoms with Crippen LogP contribution in [0.25, 0.3) is 0 Å². The Kier molecular flexibility index (Phi) is 5.44. The summed E-state index contributed by atoms with van der Waals surface area (Å²) < 4.78 is 9.86. The van der Waals surface area contributed by atoms with Crippen molar-refractivity contribution in [2.24, 2.45) is 0 Å². The van der Waals surface area contributed by atoms with Crippen LogP contribution >= 0.6 is 22.7 Å². The summed E-state index contributed by atoms with van der Waals surface area (Å²) in [4.78, 5) is 40.2. The molecule has 2 amide bonds. The van der Waals surface area contributed by atoms with Gasteiger partial charge in [-0.1, -0.05) is 0 Å². The van der Waals surface area contributed by atoms with Crippen LogP contribution in [0.3, 0.4) is 0 Å². The van der Waals surface area contributed by atoms with Gasteiger partial charge in [0.15, 0.2) is 16.6 Å². The molecule has 0 aliphatic carbocycles. The molecule has 0 saturated carbocycles. The van der Waals surface area contributed by atoms with Crippen molar-refractivity contribution >= 4 is 50.6 Å². The number of carbonyl (C=O) groups excluding carboxylic acids is 3. The Morgan fingerprint density at radius 2 is 2.04 bits per heavy atom. The number of carbonyl (C=O) groups is 3. The third-order valence-corrected chi connectivity index (χ3v) is 4.78. The second-order valence-electron chi connectivity index (χ2n) is 4.81. The van der Waals surface area contributed by atoms with Gasteiger partial charge in [0.2, 0.25) is 0 Å². The highest BCUT2D eigenvalue weighted by Crippen LogP contribution is 2.24. The van der Waals surface area contributed by atoms with Gasteiger partial charge in [0, 0.05) is 5.38 Å². The normalized spacial score (nSPS) is 10.3. The minimum Gasteiger partial charge on any atom is -0.461 e. The number of ether oxygens (including phenoxy) is 1. The molecule has 0 fully saturated rings. The Morgan fingerprint density at radius 3 is 2.77 bits per heavy atom. The molecule has 0 radical (unpaired) electrons. The van der Waals surface area contributed by atoms with Gasteiger partial charge in [-0.25, -0.2) is 9.78 Å². The molecule has 3 aromatic heterocycles. The van der Waals surface area contributed by atoms with Gasteiger partial charge < -0.3 is 14.5 Å². The highest BCUT2D eigenvalue weighted by atomic mass is 32.1. The van der Waals surface area contributed by atoms with Gasteiger partial charge in [0.05, 0.1) is 22.7 Å². The molecule has 10 heteroatoms. The molecule has 0 aliphatic rings. The van der Waals surface area contributed by atoms with Crippen LogP contribution in [-0.2, 0) is 4.74 Å². The van der Waals surface area contributed by atoms with Gasteiger partial charge in [-0.3, -0.25) is 14.9 Å². The molecule has 3 aromatic rings. The molecule has 2 N–H and O–H groups in total. The summed E-state index contributed by atoms with van der Waals surface area (Å²) in [6, 6.07) is 6.35. The van der Waals surface area contributed by atoms with E-state index in [1.54, 1.807) is 31.2 Å². The summed E-state index contributed by atoms with van der Waals surface area (Å²) >= 11 is 2.23. The van der Waals surface area contributed by atoms with E-state index in [0.29, 0.717) is 9.88 Å². The van der Waals surface area contributed by atoms with Gasteiger partial charge in [-0.15, -0.1) is 22.7 Å². The van der Waals surface area contributed by atoms with Crippen molar-refractivity contribution in [1.29, 1.82) is 0 Å². The molecule has 0 spiro atoms. The van der Waals surface area contributed by atoms with Gasteiger partial charge in [0.1, 0.15) is 0 Å². The molecular weight excluding hydrogens is 378 g/mol. The predicted octanol–water partition coefficient (Wildman–Crippen LogP) is 3.48. The zero-order valence-corrected chi connectivity index (χ0v) is 15.1. The van der Waals surface area contributed by atoms with Crippen molar-refractivity contribution in [3.05, 3.63) is 52.2 Å². The molecule has 0 bridgehead atoms. The predicted molar refractivity (Wildman–Crippen MR) is 97.0 cm³/mol. The maximum atomic E-state index is 12.3. The van der Waals surface area contributed by atoms with Crippen LogP contribution in [0.15, 0.2) is 40.3 Å². The molecule has 26 heavy (non-hydrogen) atoms. The molecule has 0 saturated heterocycles. The maximum Gasteiger partial charge on any atom is 0.357 e. The lowest BCUT2D eigenvalue weighted by Crippen LogP contribution is -2.11. The Hall–Kier alpha value is -2.98. The highest BCUT2D eigenvalue weighted by molar-refractivity contribution is 7.18. The fourth-order valence-corrected chi connectivity index (χ4v) is 3.37. The summed E-state index contributed by atoms with van der Waals surface area (Å²) in [6.07, 6.45) is 1.40. The fourth-order valence-electron chi connectivity index (χ4n) is 1.90. The Labute approximate surface area is 155 Å². The van der Waals surface area contributed by atoms with E-state index in [1.807, 2.05) is 0 Å². The highest BCUT2D eigenvalue weighted by Gasteiger charge is 2.16. The van der Waals surface area contributed by atoms with Crippen LogP contribution in [0.5, 0.6) is 0 Å². The van der Waals surface area contributed by atoms with Crippen LogP contribution < -0.4 is 10.6 Å². The number of esters is 1. The molecule has 3 heterocycles. The molecular formula is C16H13N3O5S2. The Balaban J connectivity index is 1.61. The number of nitrogens with zero attached hydrogens (tertiary/aromatic N) is 1. The summed E-state index contributed by atoms with van der Waals surface area (Å²) in [5.74, 6) is -1.15. The van der Waals surface area contributed by atoms with E-state index in [4.69, 9.17) is 9.15 Å². The van der Waals surface area contributed by atoms with Crippen LogP contribution in [0.4, 0.5) is 10.1 Å². The number of furan rings is 1. The number of nitrogens with one attached hydrogen (secondary N) is 2. The topological polar surface area (TPSA) is 111 Å². The van der Waals surface area contributed by atoms with E-state index in [1.165, 1.54) is 11.6 Å². The summed E-state index contributed by atoms with van der Waals surface area (Å²) in [5.41, 5.74) is 0.143. The Morgan fingerprint density at radius 1 is 1.19 bits per heavy atom. The van der Waals surface area contributed by atoms with Crippen LogP contribution in [0.2, 0.25) is 0 Å². The number of hydrogen-bond donors (Lipinski definition) is 2. The summed E-state index contributed by atoms with van der Waals surface area (Å²) in [5, 5.41) is 7.56. The van der Waals surface area contributed by atoms with E-state index in [9.17, 15) is 14.4 Å². The van der Waals surface area contributed by atoms with E-state index < -0.39 is 17.8 Å². The number of anilines is 2. The average Bonchev–Trinajstić information content (AvgIpc) is 3.36. The fraction of sp³-hybridized carbons (Fsp3) is 0.125. The smallest absolute Gasteiger partial charge is 0.357 e. The number of aromatic nitrogens is 1. The van der Waals surface area contributed by atoms with Crippen molar-refractivity contribution in [3.8, 4) is 0 Å². The zero-order valence-electron chi connectivity index (χ0n) is 13.5. The first-order chi connectivity index (χ1) is 12.6. The van der Waals surface area contributed by atoms with Gasteiger partial charge >= 0.3 is 5.97 Å². The van der Waals surface area contributed by atoms with Crippen molar-refractivity contribution in [1.82, 2.24) is 4.98 Å². The number of thiophene rings is 1. The number of hydrogen-bond acceptors (Lipinski definition) is 8. The van der Waals surface area contributed by atoms with Gasteiger partial charge in [-0.05, 0) is 31.2 Å². The lowest BCUT2D eigenvalue weighted by Gasteiger charge is -2.00. The lowest BCUT2D eigenvalue weighted by atomic mass is 10.4. The van der Waals surface area contributed by atoms with Crippen LogP contribution in [-0.4, -0.2) is 29.4 Å². The van der Waals surface area contributed by atoms with E-state index in [0.717, 1.165) is 22.7 Å². The molecule has 0 aliphatic heterocycles. The van der Waals surface area contributed by atoms with Crippen molar-refractivity contribution in [3.63, 3.8) is 0 Å². The third-order valence-electron chi connectivity index (χ3n) is 3.02. The van der Waals surface area contributed by atoms with Gasteiger partial charge in [-0.2, -0.15) is 0 Å². The van der Waals surface area contributed by atoms with E-state index in [-0.39, 0.29) is 23.2 Å². The third kappa shape index (κ3) is 4.16. The molecule has 134 valence electrons. The van der Waals surface area contributed by atoms with E-state index >= 15 is 0 Å². The first kappa shape index (κ1) is 17.8. The molecule has 0 unspecified atom stereocenters. The quantitative estimate of drug-likeness (QED) is 0.623. The van der Waals surface area contributed by atoms with Crippen molar-refractivity contribution < 1.29 is 23.5 Å². The second-order valence-corrected chi connectivity index (χ2v) is 6.75. The number of amides is 2. The summed E-state index contributed by atoms with van der Waals surface area (Å²) in [7, 11) is 0. The average molecular weight is 391 g/mol. The summed E-state index contributed by atoms with van der Waals surface area (Å²) in [6.45, 7) is 1.95. The first-order valence-electron chi connectivity index (χ1n) is 7.45.